The SMILES string of the molecule is COc1ccc(CCC(O)COCC(F)(F)F)cc1. The molecule has 0 spiro atoms. The zero-order valence-electron chi connectivity index (χ0n) is 10.6. The van der Waals surface area contributed by atoms with Crippen molar-refractivity contribution in [3.8, 4) is 5.75 Å². The van der Waals surface area contributed by atoms with Crippen LogP contribution in [-0.2, 0) is 11.2 Å². The molecule has 0 radical (unpaired) electrons. The van der Waals surface area contributed by atoms with E-state index < -0.39 is 18.9 Å². The molecule has 0 aliphatic heterocycles. The number of benzene rings is 1. The quantitative estimate of drug-likeness (QED) is 0.833. The van der Waals surface area contributed by atoms with E-state index in [0.717, 1.165) is 11.3 Å². The first-order valence-corrected chi connectivity index (χ1v) is 5.86. The van der Waals surface area contributed by atoms with Crippen molar-refractivity contribution in [2.75, 3.05) is 20.3 Å². The van der Waals surface area contributed by atoms with E-state index in [1.165, 1.54) is 0 Å². The highest BCUT2D eigenvalue weighted by Gasteiger charge is 2.27. The first-order valence-electron chi connectivity index (χ1n) is 5.86. The average molecular weight is 278 g/mol. The summed E-state index contributed by atoms with van der Waals surface area (Å²) in [5.41, 5.74) is 0.982. The molecular weight excluding hydrogens is 261 g/mol. The van der Waals surface area contributed by atoms with Gasteiger partial charge in [-0.2, -0.15) is 13.2 Å². The monoisotopic (exact) mass is 278 g/mol. The lowest BCUT2D eigenvalue weighted by atomic mass is 10.1. The summed E-state index contributed by atoms with van der Waals surface area (Å²) < 4.78 is 44.8. The molecule has 19 heavy (non-hydrogen) atoms. The van der Waals surface area contributed by atoms with E-state index in [9.17, 15) is 18.3 Å². The van der Waals surface area contributed by atoms with Crippen molar-refractivity contribution in [1.82, 2.24) is 0 Å². The zero-order chi connectivity index (χ0) is 14.3. The number of alkyl halides is 3. The summed E-state index contributed by atoms with van der Waals surface area (Å²) in [6, 6.07) is 7.29. The Hall–Kier alpha value is -1.27. The predicted molar refractivity (Wildman–Crippen MR) is 64.2 cm³/mol. The van der Waals surface area contributed by atoms with Gasteiger partial charge in [0, 0.05) is 0 Å². The Bertz CT molecular complexity index is 362. The Morgan fingerprint density at radius 1 is 1.21 bits per heavy atom. The van der Waals surface area contributed by atoms with Gasteiger partial charge in [-0.1, -0.05) is 12.1 Å². The fourth-order valence-electron chi connectivity index (χ4n) is 1.52. The molecule has 1 atom stereocenters. The zero-order valence-corrected chi connectivity index (χ0v) is 10.6. The number of aliphatic hydroxyl groups excluding tert-OH is 1. The average Bonchev–Trinajstić information content (AvgIpc) is 2.35. The lowest BCUT2D eigenvalue weighted by Crippen LogP contribution is -2.23. The molecule has 0 aromatic heterocycles. The Morgan fingerprint density at radius 3 is 2.37 bits per heavy atom. The van der Waals surface area contributed by atoms with E-state index in [4.69, 9.17) is 4.74 Å². The van der Waals surface area contributed by atoms with E-state index in [1.807, 2.05) is 12.1 Å². The van der Waals surface area contributed by atoms with Gasteiger partial charge in [0.1, 0.15) is 12.4 Å². The topological polar surface area (TPSA) is 38.7 Å². The van der Waals surface area contributed by atoms with Gasteiger partial charge in [0.25, 0.3) is 0 Å². The highest BCUT2D eigenvalue weighted by Crippen LogP contribution is 2.15. The smallest absolute Gasteiger partial charge is 0.411 e. The Balaban J connectivity index is 2.23. The molecular formula is C13H17F3O3. The van der Waals surface area contributed by atoms with Gasteiger partial charge in [-0.25, -0.2) is 0 Å². The molecule has 1 rings (SSSR count). The van der Waals surface area contributed by atoms with E-state index in [-0.39, 0.29) is 6.61 Å². The summed E-state index contributed by atoms with van der Waals surface area (Å²) >= 11 is 0. The third-order valence-electron chi connectivity index (χ3n) is 2.50. The van der Waals surface area contributed by atoms with Crippen LogP contribution in [0.15, 0.2) is 24.3 Å². The fraction of sp³-hybridized carbons (Fsp3) is 0.538. The van der Waals surface area contributed by atoms with Crippen molar-refractivity contribution in [1.29, 1.82) is 0 Å². The van der Waals surface area contributed by atoms with Crippen molar-refractivity contribution in [3.05, 3.63) is 29.8 Å². The van der Waals surface area contributed by atoms with Crippen LogP contribution >= 0.6 is 0 Å². The van der Waals surface area contributed by atoms with Crippen LogP contribution in [-0.4, -0.2) is 37.7 Å². The number of aliphatic hydroxyl groups is 1. The van der Waals surface area contributed by atoms with Gasteiger partial charge in [-0.3, -0.25) is 0 Å². The minimum Gasteiger partial charge on any atom is -0.497 e. The molecule has 0 fully saturated rings. The molecule has 108 valence electrons. The second-order valence-corrected chi connectivity index (χ2v) is 4.17. The molecule has 1 aromatic rings. The minimum absolute atomic E-state index is 0.310. The lowest BCUT2D eigenvalue weighted by Gasteiger charge is -2.12. The van der Waals surface area contributed by atoms with Gasteiger partial charge in [-0.15, -0.1) is 0 Å². The Labute approximate surface area is 110 Å². The molecule has 1 unspecified atom stereocenters. The largest absolute Gasteiger partial charge is 0.497 e. The number of hydrogen-bond acceptors (Lipinski definition) is 3. The molecule has 0 bridgehead atoms. The van der Waals surface area contributed by atoms with E-state index in [0.29, 0.717) is 12.8 Å². The second-order valence-electron chi connectivity index (χ2n) is 4.17. The number of hydrogen-bond donors (Lipinski definition) is 1. The normalized spacial score (nSPS) is 13.3. The van der Waals surface area contributed by atoms with Gasteiger partial charge in [0.15, 0.2) is 0 Å². The number of methoxy groups -OCH3 is 1. The second kappa shape index (κ2) is 7.35. The van der Waals surface area contributed by atoms with Gasteiger partial charge < -0.3 is 14.6 Å². The summed E-state index contributed by atoms with van der Waals surface area (Å²) in [5.74, 6) is 0.734. The van der Waals surface area contributed by atoms with Crippen molar-refractivity contribution in [2.45, 2.75) is 25.1 Å². The molecule has 6 heteroatoms. The maximum Gasteiger partial charge on any atom is 0.411 e. The van der Waals surface area contributed by atoms with Gasteiger partial charge in [0.05, 0.1) is 19.8 Å². The van der Waals surface area contributed by atoms with Gasteiger partial charge in [0.2, 0.25) is 0 Å². The van der Waals surface area contributed by atoms with Crippen molar-refractivity contribution in [2.24, 2.45) is 0 Å². The predicted octanol–water partition coefficient (Wildman–Crippen LogP) is 2.57. The van der Waals surface area contributed by atoms with Crippen LogP contribution < -0.4 is 4.74 Å². The Kier molecular flexibility index (Phi) is 6.11. The maximum atomic E-state index is 11.8. The summed E-state index contributed by atoms with van der Waals surface area (Å²) in [6.07, 6.45) is -4.33. The summed E-state index contributed by atoms with van der Waals surface area (Å²) in [4.78, 5) is 0. The number of aryl methyl sites for hydroxylation is 1. The van der Waals surface area contributed by atoms with E-state index in [1.54, 1.807) is 19.2 Å². The van der Waals surface area contributed by atoms with Crippen molar-refractivity contribution < 1.29 is 27.8 Å². The van der Waals surface area contributed by atoms with Crippen LogP contribution in [0.5, 0.6) is 5.75 Å². The highest BCUT2D eigenvalue weighted by atomic mass is 19.4. The molecule has 1 aromatic carbocycles. The third-order valence-corrected chi connectivity index (χ3v) is 2.50. The van der Waals surface area contributed by atoms with Gasteiger partial charge in [-0.05, 0) is 30.5 Å². The standard InChI is InChI=1S/C13H17F3O3/c1-18-12-6-3-10(4-7-12)2-5-11(17)8-19-9-13(14,15)16/h3-4,6-7,11,17H,2,5,8-9H2,1H3. The van der Waals surface area contributed by atoms with Crippen LogP contribution in [0.4, 0.5) is 13.2 Å². The minimum atomic E-state index is -4.35. The molecule has 0 saturated heterocycles. The van der Waals surface area contributed by atoms with Crippen LogP contribution in [0.2, 0.25) is 0 Å². The van der Waals surface area contributed by atoms with E-state index in [2.05, 4.69) is 4.74 Å². The van der Waals surface area contributed by atoms with Crippen molar-refractivity contribution in [3.63, 3.8) is 0 Å². The Morgan fingerprint density at radius 2 is 1.84 bits per heavy atom. The van der Waals surface area contributed by atoms with Gasteiger partial charge >= 0.3 is 6.18 Å². The lowest BCUT2D eigenvalue weighted by molar-refractivity contribution is -0.179. The maximum absolute atomic E-state index is 11.8. The number of rotatable bonds is 7. The first-order chi connectivity index (χ1) is 8.90. The van der Waals surface area contributed by atoms with E-state index >= 15 is 0 Å². The summed E-state index contributed by atoms with van der Waals surface area (Å²) in [6.45, 7) is -1.64. The molecule has 0 heterocycles. The number of ether oxygens (including phenoxy) is 2. The molecule has 0 saturated carbocycles. The summed E-state index contributed by atoms with van der Waals surface area (Å²) in [5, 5.41) is 9.49. The first kappa shape index (κ1) is 15.8. The summed E-state index contributed by atoms with van der Waals surface area (Å²) in [7, 11) is 1.57. The van der Waals surface area contributed by atoms with Crippen LogP contribution in [0.1, 0.15) is 12.0 Å². The van der Waals surface area contributed by atoms with Crippen LogP contribution in [0.3, 0.4) is 0 Å². The molecule has 0 amide bonds. The van der Waals surface area contributed by atoms with Crippen LogP contribution in [0, 0.1) is 0 Å². The number of halogens is 3. The van der Waals surface area contributed by atoms with Crippen LogP contribution in [0.25, 0.3) is 0 Å². The fourth-order valence-corrected chi connectivity index (χ4v) is 1.52. The van der Waals surface area contributed by atoms with Crippen molar-refractivity contribution >= 4 is 0 Å². The molecule has 0 aliphatic rings. The molecule has 3 nitrogen and oxygen atoms in total. The molecule has 0 aliphatic carbocycles. The third kappa shape index (κ3) is 7.03. The highest BCUT2D eigenvalue weighted by molar-refractivity contribution is 5.27. The molecule has 1 N–H and O–H groups in total.